The normalized spacial score (nSPS) is 9.92. The zero-order chi connectivity index (χ0) is 19.0. The molecular weight excluding hydrogens is 332 g/mol. The predicted octanol–water partition coefficient (Wildman–Crippen LogP) is 1.80. The van der Waals surface area contributed by atoms with E-state index in [2.05, 4.69) is 0 Å². The minimum absolute atomic E-state index is 0.0319. The molecule has 25 heavy (non-hydrogen) atoms. The third-order valence-corrected chi connectivity index (χ3v) is 2.85. The van der Waals surface area contributed by atoms with Crippen molar-refractivity contribution in [3.05, 3.63) is 28.8 Å². The van der Waals surface area contributed by atoms with Gasteiger partial charge in [0.25, 0.3) is 0 Å². The summed E-state index contributed by atoms with van der Waals surface area (Å²) in [5.74, 6) is -1.93. The van der Waals surface area contributed by atoms with Crippen LogP contribution in [0.1, 0.15) is 44.4 Å². The highest BCUT2D eigenvalue weighted by molar-refractivity contribution is 5.71. The van der Waals surface area contributed by atoms with Crippen LogP contribution >= 0.6 is 0 Å². The van der Waals surface area contributed by atoms with Crippen molar-refractivity contribution in [2.75, 3.05) is 0 Å². The van der Waals surface area contributed by atoms with Crippen LogP contribution in [0.2, 0.25) is 0 Å². The van der Waals surface area contributed by atoms with Gasteiger partial charge < -0.3 is 18.9 Å². The quantitative estimate of drug-likeness (QED) is 0.415. The van der Waals surface area contributed by atoms with Gasteiger partial charge in [0.2, 0.25) is 0 Å². The standard InChI is InChI=1S/C17H20O8/c1-10(18)22-7-14-5-15(8-23-11(2)19)17(25-13(4)21)16(6-14)9-24-12(3)20/h5-6H,7-9H2,1-4H3. The summed E-state index contributed by atoms with van der Waals surface area (Å²) in [7, 11) is 0. The third-order valence-electron chi connectivity index (χ3n) is 2.85. The van der Waals surface area contributed by atoms with Gasteiger partial charge in [-0.3, -0.25) is 19.2 Å². The van der Waals surface area contributed by atoms with Crippen LogP contribution < -0.4 is 4.74 Å². The summed E-state index contributed by atoms with van der Waals surface area (Å²) < 4.78 is 20.1. The lowest BCUT2D eigenvalue weighted by molar-refractivity contribution is -0.143. The summed E-state index contributed by atoms with van der Waals surface area (Å²) >= 11 is 0. The van der Waals surface area contributed by atoms with E-state index in [0.717, 1.165) is 0 Å². The molecule has 0 bridgehead atoms. The fourth-order valence-electron chi connectivity index (χ4n) is 1.94. The zero-order valence-electron chi connectivity index (χ0n) is 14.5. The van der Waals surface area contributed by atoms with Gasteiger partial charge in [-0.1, -0.05) is 0 Å². The van der Waals surface area contributed by atoms with Crippen LogP contribution in [0, 0.1) is 0 Å². The molecule has 8 heteroatoms. The minimum Gasteiger partial charge on any atom is -0.461 e. The van der Waals surface area contributed by atoms with Crippen LogP contribution in [0.15, 0.2) is 12.1 Å². The first kappa shape index (κ1) is 20.1. The Morgan fingerprint density at radius 2 is 1.08 bits per heavy atom. The van der Waals surface area contributed by atoms with Crippen LogP contribution in [0.4, 0.5) is 0 Å². The molecule has 0 aliphatic carbocycles. The number of benzene rings is 1. The van der Waals surface area contributed by atoms with Gasteiger partial charge in [-0.15, -0.1) is 0 Å². The highest BCUT2D eigenvalue weighted by atomic mass is 16.6. The number of carbonyl (C=O) groups excluding carboxylic acids is 4. The molecular formula is C17H20O8. The van der Waals surface area contributed by atoms with Gasteiger partial charge >= 0.3 is 23.9 Å². The molecule has 0 amide bonds. The fourth-order valence-corrected chi connectivity index (χ4v) is 1.94. The van der Waals surface area contributed by atoms with Gasteiger partial charge in [0.1, 0.15) is 25.6 Å². The van der Waals surface area contributed by atoms with E-state index in [0.29, 0.717) is 16.7 Å². The molecule has 0 saturated carbocycles. The predicted molar refractivity (Wildman–Crippen MR) is 84.2 cm³/mol. The number of hydrogen-bond donors (Lipinski definition) is 0. The Labute approximate surface area is 145 Å². The van der Waals surface area contributed by atoms with E-state index < -0.39 is 23.9 Å². The van der Waals surface area contributed by atoms with Crippen LogP contribution in [0.25, 0.3) is 0 Å². The van der Waals surface area contributed by atoms with Crippen molar-refractivity contribution < 1.29 is 38.1 Å². The molecule has 0 saturated heterocycles. The molecule has 136 valence electrons. The Morgan fingerprint density at radius 1 is 0.680 bits per heavy atom. The van der Waals surface area contributed by atoms with Gasteiger partial charge in [0.05, 0.1) is 0 Å². The Kier molecular flexibility index (Phi) is 7.58. The second kappa shape index (κ2) is 9.41. The van der Waals surface area contributed by atoms with Crippen molar-refractivity contribution in [1.29, 1.82) is 0 Å². The molecule has 1 aromatic carbocycles. The van der Waals surface area contributed by atoms with E-state index in [-0.39, 0.29) is 25.6 Å². The molecule has 1 aromatic rings. The lowest BCUT2D eigenvalue weighted by Gasteiger charge is -2.16. The van der Waals surface area contributed by atoms with E-state index >= 15 is 0 Å². The van der Waals surface area contributed by atoms with Crippen LogP contribution in [0.3, 0.4) is 0 Å². The molecule has 0 spiro atoms. The summed E-state index contributed by atoms with van der Waals surface area (Å²) in [4.78, 5) is 44.5. The number of esters is 4. The number of carbonyl (C=O) groups is 4. The Bertz CT molecular complexity index is 638. The van der Waals surface area contributed by atoms with Crippen molar-refractivity contribution in [2.24, 2.45) is 0 Å². The molecule has 0 aliphatic rings. The average molecular weight is 352 g/mol. The first-order valence-electron chi connectivity index (χ1n) is 7.42. The van der Waals surface area contributed by atoms with E-state index in [9.17, 15) is 19.2 Å². The largest absolute Gasteiger partial charge is 0.461 e. The molecule has 0 unspecified atom stereocenters. The molecule has 0 radical (unpaired) electrons. The van der Waals surface area contributed by atoms with Gasteiger partial charge in [-0.05, 0) is 17.7 Å². The smallest absolute Gasteiger partial charge is 0.308 e. The van der Waals surface area contributed by atoms with Crippen molar-refractivity contribution in [3.8, 4) is 5.75 Å². The monoisotopic (exact) mass is 352 g/mol. The van der Waals surface area contributed by atoms with Crippen molar-refractivity contribution >= 4 is 23.9 Å². The van der Waals surface area contributed by atoms with Crippen LogP contribution in [0.5, 0.6) is 5.75 Å². The van der Waals surface area contributed by atoms with Crippen molar-refractivity contribution in [2.45, 2.75) is 47.5 Å². The SMILES string of the molecule is CC(=O)OCc1cc(COC(C)=O)c(OC(C)=O)c(COC(C)=O)c1. The second-order valence-electron chi connectivity index (χ2n) is 5.18. The molecule has 1 rings (SSSR count). The molecule has 0 N–H and O–H groups in total. The third kappa shape index (κ3) is 7.47. The van der Waals surface area contributed by atoms with Crippen LogP contribution in [-0.2, 0) is 53.2 Å². The summed E-state index contributed by atoms with van der Waals surface area (Å²) in [5, 5.41) is 0. The molecule has 0 aliphatic heterocycles. The molecule has 8 nitrogen and oxygen atoms in total. The Hall–Kier alpha value is -2.90. The summed E-state index contributed by atoms with van der Waals surface area (Å²) in [6.45, 7) is 4.64. The van der Waals surface area contributed by atoms with Crippen molar-refractivity contribution in [3.63, 3.8) is 0 Å². The van der Waals surface area contributed by atoms with E-state index in [1.165, 1.54) is 27.7 Å². The topological polar surface area (TPSA) is 105 Å². The summed E-state index contributed by atoms with van der Waals surface area (Å²) in [6.07, 6.45) is 0. The van der Waals surface area contributed by atoms with Gasteiger partial charge in [0.15, 0.2) is 0 Å². The van der Waals surface area contributed by atoms with E-state index in [1.54, 1.807) is 12.1 Å². The lowest BCUT2D eigenvalue weighted by atomic mass is 10.0. The maximum atomic E-state index is 11.4. The number of ether oxygens (including phenoxy) is 4. The molecule has 0 fully saturated rings. The highest BCUT2D eigenvalue weighted by Gasteiger charge is 2.17. The first-order chi connectivity index (χ1) is 11.7. The number of rotatable bonds is 7. The summed E-state index contributed by atoms with van der Waals surface area (Å²) in [6, 6.07) is 3.17. The molecule has 0 atom stereocenters. The molecule has 0 heterocycles. The fraction of sp³-hybridized carbons (Fsp3) is 0.412. The van der Waals surface area contributed by atoms with Crippen molar-refractivity contribution in [1.82, 2.24) is 0 Å². The maximum absolute atomic E-state index is 11.4. The lowest BCUT2D eigenvalue weighted by Crippen LogP contribution is -2.11. The first-order valence-corrected chi connectivity index (χ1v) is 7.42. The van der Waals surface area contributed by atoms with Gasteiger partial charge in [-0.25, -0.2) is 0 Å². The van der Waals surface area contributed by atoms with Gasteiger partial charge in [0, 0.05) is 38.8 Å². The van der Waals surface area contributed by atoms with E-state index in [4.69, 9.17) is 18.9 Å². The number of hydrogen-bond acceptors (Lipinski definition) is 8. The zero-order valence-corrected chi connectivity index (χ0v) is 14.5. The van der Waals surface area contributed by atoms with Gasteiger partial charge in [-0.2, -0.15) is 0 Å². The average Bonchev–Trinajstić information content (AvgIpc) is 2.49. The summed E-state index contributed by atoms with van der Waals surface area (Å²) in [5.41, 5.74) is 1.34. The minimum atomic E-state index is -0.583. The second-order valence-corrected chi connectivity index (χ2v) is 5.18. The Morgan fingerprint density at radius 3 is 1.44 bits per heavy atom. The Balaban J connectivity index is 3.27. The van der Waals surface area contributed by atoms with E-state index in [1.807, 2.05) is 0 Å². The van der Waals surface area contributed by atoms with Crippen LogP contribution in [-0.4, -0.2) is 23.9 Å². The molecule has 0 aromatic heterocycles. The highest BCUT2D eigenvalue weighted by Crippen LogP contribution is 2.29. The maximum Gasteiger partial charge on any atom is 0.308 e.